The average Bonchev–Trinajstić information content (AvgIpc) is 3.53. The van der Waals surface area contributed by atoms with Crippen molar-refractivity contribution in [3.63, 3.8) is 0 Å². The number of H-pyrrole nitrogens is 1. The highest BCUT2D eigenvalue weighted by Crippen LogP contribution is 2.28. The number of aromatic amines is 1. The molecule has 0 bridgehead atoms. The summed E-state index contributed by atoms with van der Waals surface area (Å²) in [5, 5.41) is 0.499. The largest absolute Gasteiger partial charge is 0.495 e. The van der Waals surface area contributed by atoms with Crippen LogP contribution in [-0.2, 0) is 11.3 Å². The van der Waals surface area contributed by atoms with Crippen molar-refractivity contribution < 1.29 is 13.9 Å². The molecule has 1 fully saturated rings. The molecule has 182 valence electrons. The maximum atomic E-state index is 13.2. The van der Waals surface area contributed by atoms with Gasteiger partial charge in [0, 0.05) is 31.9 Å². The molecule has 0 spiro atoms. The highest BCUT2D eigenvalue weighted by atomic mass is 32.2. The Morgan fingerprint density at radius 1 is 1.17 bits per heavy atom. The molecule has 1 aliphatic rings. The van der Waals surface area contributed by atoms with Crippen molar-refractivity contribution >= 4 is 34.4 Å². The molecule has 1 amide bonds. The summed E-state index contributed by atoms with van der Waals surface area (Å²) < 4.78 is 12.5. The number of aromatic nitrogens is 3. The zero-order valence-corrected chi connectivity index (χ0v) is 20.5. The van der Waals surface area contributed by atoms with E-state index in [1.54, 1.807) is 24.0 Å². The topological polar surface area (TPSA) is 96.6 Å². The van der Waals surface area contributed by atoms with Crippen LogP contribution in [0.5, 0.6) is 5.75 Å². The van der Waals surface area contributed by atoms with E-state index in [1.165, 1.54) is 11.8 Å². The van der Waals surface area contributed by atoms with Crippen molar-refractivity contribution in [2.75, 3.05) is 43.9 Å². The van der Waals surface area contributed by atoms with Crippen LogP contribution in [0.4, 0.5) is 5.69 Å². The number of carbonyl (C=O) groups is 1. The van der Waals surface area contributed by atoms with Gasteiger partial charge >= 0.3 is 0 Å². The number of furan rings is 1. The summed E-state index contributed by atoms with van der Waals surface area (Å²) >= 11 is 1.28. The number of aryl methyl sites for hydroxylation is 1. The molecule has 4 heterocycles. The number of methoxy groups -OCH3 is 1. The first-order valence-corrected chi connectivity index (χ1v) is 12.4. The summed E-state index contributed by atoms with van der Waals surface area (Å²) in [7, 11) is 1.67. The summed E-state index contributed by atoms with van der Waals surface area (Å²) in [5.41, 5.74) is 2.78. The van der Waals surface area contributed by atoms with Gasteiger partial charge in [0.1, 0.15) is 17.0 Å². The molecule has 0 radical (unpaired) electrons. The fraction of sp³-hybridized carbons (Fsp3) is 0.320. The molecular weight excluding hydrogens is 466 g/mol. The van der Waals surface area contributed by atoms with E-state index < -0.39 is 0 Å². The first kappa shape index (κ1) is 23.1. The molecule has 10 heteroatoms. The standard InChI is InChI=1S/C25H27N5O4S/c1-17-14-19-23(26-17)24(32)30(15-18-6-5-13-34-18)25(27-19)35-16-22(31)29-11-9-28(10-12-29)20-7-3-4-8-21(20)33-2/h3-8,13-14,26H,9-12,15-16H2,1-2H3. The Hall–Kier alpha value is -3.66. The van der Waals surface area contributed by atoms with E-state index in [-0.39, 0.29) is 23.8 Å². The number of ether oxygens (including phenoxy) is 1. The number of anilines is 1. The van der Waals surface area contributed by atoms with E-state index in [0.717, 1.165) is 30.2 Å². The number of hydrogen-bond acceptors (Lipinski definition) is 7. The number of carbonyl (C=O) groups excluding carboxylic acids is 1. The number of fused-ring (bicyclic) bond motifs is 1. The third-order valence-electron chi connectivity index (χ3n) is 6.11. The third-order valence-corrected chi connectivity index (χ3v) is 7.08. The number of thioether (sulfide) groups is 1. The molecule has 0 unspecified atom stereocenters. The lowest BCUT2D eigenvalue weighted by atomic mass is 10.2. The lowest BCUT2D eigenvalue weighted by Gasteiger charge is -2.36. The quantitative estimate of drug-likeness (QED) is 0.312. The van der Waals surface area contributed by atoms with Crippen molar-refractivity contribution in [1.29, 1.82) is 0 Å². The summed E-state index contributed by atoms with van der Waals surface area (Å²) in [5.74, 6) is 1.71. The van der Waals surface area contributed by atoms with Crippen LogP contribution in [0.3, 0.4) is 0 Å². The Labute approximate surface area is 206 Å². The van der Waals surface area contributed by atoms with Crippen LogP contribution >= 0.6 is 11.8 Å². The minimum Gasteiger partial charge on any atom is -0.495 e. The normalized spacial score (nSPS) is 14.0. The molecule has 4 aromatic rings. The monoisotopic (exact) mass is 493 g/mol. The number of nitrogens with zero attached hydrogens (tertiary/aromatic N) is 4. The van der Waals surface area contributed by atoms with Crippen molar-refractivity contribution in [2.24, 2.45) is 0 Å². The summed E-state index contributed by atoms with van der Waals surface area (Å²) in [6.45, 7) is 4.85. The predicted octanol–water partition coefficient (Wildman–Crippen LogP) is 3.12. The molecule has 1 saturated heterocycles. The lowest BCUT2D eigenvalue weighted by molar-refractivity contribution is -0.128. The number of amides is 1. The maximum Gasteiger partial charge on any atom is 0.278 e. The first-order valence-electron chi connectivity index (χ1n) is 11.4. The zero-order valence-electron chi connectivity index (χ0n) is 19.7. The molecule has 35 heavy (non-hydrogen) atoms. The minimum atomic E-state index is -0.181. The molecule has 9 nitrogen and oxygen atoms in total. The van der Waals surface area contributed by atoms with Crippen molar-refractivity contribution in [3.05, 3.63) is 70.5 Å². The molecule has 0 atom stereocenters. The number of piperazine rings is 1. The highest BCUT2D eigenvalue weighted by molar-refractivity contribution is 7.99. The van der Waals surface area contributed by atoms with Gasteiger partial charge in [-0.3, -0.25) is 14.2 Å². The van der Waals surface area contributed by atoms with E-state index in [9.17, 15) is 9.59 Å². The second kappa shape index (κ2) is 9.91. The predicted molar refractivity (Wildman–Crippen MR) is 135 cm³/mol. The van der Waals surface area contributed by atoms with Gasteiger partial charge in [0.2, 0.25) is 5.91 Å². The van der Waals surface area contributed by atoms with Crippen LogP contribution < -0.4 is 15.2 Å². The van der Waals surface area contributed by atoms with Gasteiger partial charge in [-0.25, -0.2) is 4.98 Å². The van der Waals surface area contributed by atoms with E-state index in [2.05, 4.69) is 14.9 Å². The average molecular weight is 494 g/mol. The maximum absolute atomic E-state index is 13.2. The Morgan fingerprint density at radius 3 is 2.71 bits per heavy atom. The van der Waals surface area contributed by atoms with E-state index in [4.69, 9.17) is 9.15 Å². The van der Waals surface area contributed by atoms with Crippen LogP contribution in [0.2, 0.25) is 0 Å². The van der Waals surface area contributed by atoms with Gasteiger partial charge in [0.05, 0.1) is 36.9 Å². The third kappa shape index (κ3) is 4.79. The number of para-hydroxylation sites is 2. The molecule has 0 saturated carbocycles. The Balaban J connectivity index is 1.28. The molecule has 1 aromatic carbocycles. The molecule has 1 aliphatic heterocycles. The highest BCUT2D eigenvalue weighted by Gasteiger charge is 2.24. The summed E-state index contributed by atoms with van der Waals surface area (Å²) in [6, 6.07) is 13.4. The Kier molecular flexibility index (Phi) is 6.54. The van der Waals surface area contributed by atoms with Gasteiger partial charge < -0.3 is 23.9 Å². The minimum absolute atomic E-state index is 0.0267. The molecule has 0 aliphatic carbocycles. The van der Waals surface area contributed by atoms with Gasteiger partial charge in [-0.1, -0.05) is 23.9 Å². The van der Waals surface area contributed by atoms with Gasteiger partial charge in [-0.2, -0.15) is 0 Å². The SMILES string of the molecule is COc1ccccc1N1CCN(C(=O)CSc2nc3cc(C)[nH]c3c(=O)n2Cc2ccco2)CC1. The van der Waals surface area contributed by atoms with E-state index >= 15 is 0 Å². The fourth-order valence-electron chi connectivity index (χ4n) is 4.32. The van der Waals surface area contributed by atoms with E-state index in [0.29, 0.717) is 35.0 Å². The summed E-state index contributed by atoms with van der Waals surface area (Å²) in [6.07, 6.45) is 1.58. The molecular formula is C25H27N5O4S. The van der Waals surface area contributed by atoms with Gasteiger partial charge in [0.25, 0.3) is 5.56 Å². The van der Waals surface area contributed by atoms with Crippen LogP contribution in [0.1, 0.15) is 11.5 Å². The second-order valence-corrected chi connectivity index (χ2v) is 9.35. The molecule has 3 aromatic heterocycles. The van der Waals surface area contributed by atoms with Gasteiger partial charge in [-0.05, 0) is 37.3 Å². The number of hydrogen-bond donors (Lipinski definition) is 1. The Bertz CT molecular complexity index is 1390. The van der Waals surface area contributed by atoms with Crippen LogP contribution in [0.15, 0.2) is 63.1 Å². The Morgan fingerprint density at radius 2 is 1.97 bits per heavy atom. The smallest absolute Gasteiger partial charge is 0.278 e. The van der Waals surface area contributed by atoms with Crippen LogP contribution in [-0.4, -0.2) is 64.4 Å². The fourth-order valence-corrected chi connectivity index (χ4v) is 5.23. The van der Waals surface area contributed by atoms with Crippen molar-refractivity contribution in [3.8, 4) is 5.75 Å². The number of rotatable bonds is 7. The lowest BCUT2D eigenvalue weighted by Crippen LogP contribution is -2.49. The first-order chi connectivity index (χ1) is 17.0. The van der Waals surface area contributed by atoms with Gasteiger partial charge in [0.15, 0.2) is 5.16 Å². The van der Waals surface area contributed by atoms with Crippen LogP contribution in [0, 0.1) is 6.92 Å². The zero-order chi connectivity index (χ0) is 24.4. The number of benzene rings is 1. The van der Waals surface area contributed by atoms with Crippen molar-refractivity contribution in [1.82, 2.24) is 19.4 Å². The number of nitrogens with one attached hydrogen (secondary N) is 1. The van der Waals surface area contributed by atoms with E-state index in [1.807, 2.05) is 48.2 Å². The van der Waals surface area contributed by atoms with Crippen molar-refractivity contribution in [2.45, 2.75) is 18.6 Å². The van der Waals surface area contributed by atoms with Crippen LogP contribution in [0.25, 0.3) is 11.0 Å². The molecule has 5 rings (SSSR count). The molecule has 1 N–H and O–H groups in total. The second-order valence-electron chi connectivity index (χ2n) is 8.41. The van der Waals surface area contributed by atoms with Gasteiger partial charge in [-0.15, -0.1) is 0 Å². The summed E-state index contributed by atoms with van der Waals surface area (Å²) in [4.78, 5) is 38.1.